The molecule has 0 aliphatic carbocycles. The lowest BCUT2D eigenvalue weighted by molar-refractivity contribution is 0.0702. The molecule has 0 spiro atoms. The third-order valence-electron chi connectivity index (χ3n) is 2.50. The highest BCUT2D eigenvalue weighted by Gasteiger charge is 2.19. The fourth-order valence-corrected chi connectivity index (χ4v) is 2.75. The first-order valence-electron chi connectivity index (χ1n) is 5.66. The van der Waals surface area contributed by atoms with Gasteiger partial charge < -0.3 is 10.0 Å². The number of rotatable bonds is 5. The summed E-state index contributed by atoms with van der Waals surface area (Å²) in [6.07, 6.45) is 1.72. The number of thiazole rings is 1. The summed E-state index contributed by atoms with van der Waals surface area (Å²) in [4.78, 5) is 21.3. The van der Waals surface area contributed by atoms with Gasteiger partial charge in [0, 0.05) is 12.7 Å². The zero-order valence-electron chi connectivity index (χ0n) is 10.2. The van der Waals surface area contributed by atoms with Crippen molar-refractivity contribution in [2.75, 3.05) is 11.4 Å². The lowest BCUT2D eigenvalue weighted by atomic mass is 10.3. The molecule has 0 fully saturated rings. The fraction of sp³-hybridized carbons (Fsp3) is 0.250. The molecule has 7 heteroatoms. The van der Waals surface area contributed by atoms with E-state index in [0.717, 1.165) is 17.0 Å². The molecule has 0 saturated carbocycles. The molecule has 0 unspecified atom stereocenters. The van der Waals surface area contributed by atoms with Gasteiger partial charge in [0.25, 0.3) is 0 Å². The Hall–Kier alpha value is -1.66. The maximum atomic E-state index is 11.0. The van der Waals surface area contributed by atoms with E-state index in [9.17, 15) is 4.79 Å². The Kier molecular flexibility index (Phi) is 4.34. The van der Waals surface area contributed by atoms with E-state index in [1.807, 2.05) is 30.0 Å². The molecule has 0 radical (unpaired) electrons. The summed E-state index contributed by atoms with van der Waals surface area (Å²) in [6, 6.07) is 5.67. The lowest BCUT2D eigenvalue weighted by Gasteiger charge is -2.18. The number of carboxylic acids is 1. The minimum atomic E-state index is -1.05. The molecule has 5 nitrogen and oxygen atoms in total. The molecular formula is C12H12ClN3O2S. The number of aromatic carboxylic acids is 1. The van der Waals surface area contributed by atoms with E-state index >= 15 is 0 Å². The van der Waals surface area contributed by atoms with Crippen LogP contribution in [0.3, 0.4) is 0 Å². The van der Waals surface area contributed by atoms with Gasteiger partial charge >= 0.3 is 5.97 Å². The van der Waals surface area contributed by atoms with E-state index in [2.05, 4.69) is 9.97 Å². The molecule has 2 rings (SSSR count). The Balaban J connectivity index is 2.22. The van der Waals surface area contributed by atoms with Crippen LogP contribution in [0, 0.1) is 0 Å². The summed E-state index contributed by atoms with van der Waals surface area (Å²) in [5.41, 5.74) is 0.896. The minimum Gasteiger partial charge on any atom is -0.477 e. The van der Waals surface area contributed by atoms with Gasteiger partial charge in [0.15, 0.2) is 15.2 Å². The average molecular weight is 298 g/mol. The van der Waals surface area contributed by atoms with Gasteiger partial charge in [-0.05, 0) is 19.1 Å². The number of nitrogens with zero attached hydrogens (tertiary/aromatic N) is 3. The Morgan fingerprint density at radius 2 is 2.32 bits per heavy atom. The summed E-state index contributed by atoms with van der Waals surface area (Å²) in [5, 5.41) is 9.61. The van der Waals surface area contributed by atoms with Crippen molar-refractivity contribution in [1.29, 1.82) is 0 Å². The number of hydrogen-bond donors (Lipinski definition) is 1. The van der Waals surface area contributed by atoms with Gasteiger partial charge in [-0.1, -0.05) is 29.0 Å². The van der Waals surface area contributed by atoms with E-state index < -0.39 is 5.97 Å². The normalized spacial score (nSPS) is 10.4. The number of hydrogen-bond acceptors (Lipinski definition) is 5. The minimum absolute atomic E-state index is 0.0342. The maximum absolute atomic E-state index is 11.0. The molecular weight excluding hydrogens is 286 g/mol. The molecule has 19 heavy (non-hydrogen) atoms. The topological polar surface area (TPSA) is 66.3 Å². The molecule has 0 saturated heterocycles. The first kappa shape index (κ1) is 13.8. The van der Waals surface area contributed by atoms with E-state index in [0.29, 0.717) is 18.2 Å². The van der Waals surface area contributed by atoms with Crippen molar-refractivity contribution < 1.29 is 9.90 Å². The third kappa shape index (κ3) is 3.21. The van der Waals surface area contributed by atoms with Crippen LogP contribution in [0.25, 0.3) is 0 Å². The van der Waals surface area contributed by atoms with Crippen molar-refractivity contribution in [1.82, 2.24) is 9.97 Å². The Morgan fingerprint density at radius 1 is 1.53 bits per heavy atom. The van der Waals surface area contributed by atoms with Crippen LogP contribution >= 0.6 is 22.9 Å². The second kappa shape index (κ2) is 5.99. The van der Waals surface area contributed by atoms with Crippen molar-refractivity contribution in [3.05, 3.63) is 40.1 Å². The van der Waals surface area contributed by atoms with Gasteiger partial charge in [-0.15, -0.1) is 0 Å². The molecule has 100 valence electrons. The molecule has 2 aromatic rings. The number of anilines is 1. The van der Waals surface area contributed by atoms with Crippen LogP contribution in [0.15, 0.2) is 24.4 Å². The Bertz CT molecular complexity index is 574. The van der Waals surface area contributed by atoms with Gasteiger partial charge in [-0.3, -0.25) is 4.98 Å². The highest BCUT2D eigenvalue weighted by molar-refractivity contribution is 7.18. The summed E-state index contributed by atoms with van der Waals surface area (Å²) in [5.74, 6) is -1.05. The summed E-state index contributed by atoms with van der Waals surface area (Å²) in [7, 11) is 0. The predicted octanol–water partition coefficient (Wildman–Crippen LogP) is 2.92. The van der Waals surface area contributed by atoms with E-state index in [1.165, 1.54) is 0 Å². The molecule has 0 amide bonds. The average Bonchev–Trinajstić information content (AvgIpc) is 2.79. The van der Waals surface area contributed by atoms with Crippen molar-refractivity contribution in [3.63, 3.8) is 0 Å². The zero-order valence-corrected chi connectivity index (χ0v) is 11.8. The summed E-state index contributed by atoms with van der Waals surface area (Å²) >= 11 is 6.90. The summed E-state index contributed by atoms with van der Waals surface area (Å²) in [6.45, 7) is 3.23. The zero-order chi connectivity index (χ0) is 13.8. The highest BCUT2D eigenvalue weighted by Crippen LogP contribution is 2.30. The predicted molar refractivity (Wildman–Crippen MR) is 75.0 cm³/mol. The van der Waals surface area contributed by atoms with Crippen LogP contribution in [0.4, 0.5) is 5.13 Å². The third-order valence-corrected chi connectivity index (χ3v) is 3.99. The highest BCUT2D eigenvalue weighted by atomic mass is 35.5. The van der Waals surface area contributed by atoms with Gasteiger partial charge in [0.2, 0.25) is 0 Å². The number of aromatic nitrogens is 2. The number of pyridine rings is 1. The van der Waals surface area contributed by atoms with Crippen LogP contribution in [-0.2, 0) is 6.54 Å². The molecule has 0 aliphatic rings. The van der Waals surface area contributed by atoms with Gasteiger partial charge in [0.1, 0.15) is 0 Å². The number of halogens is 1. The second-order valence-corrected chi connectivity index (χ2v) is 5.09. The Morgan fingerprint density at radius 3 is 2.84 bits per heavy atom. The number of carbonyl (C=O) groups is 1. The molecule has 0 aliphatic heterocycles. The standard InChI is InChI=1S/C12H12ClN3O2S/c1-2-16(7-8-5-3-4-6-14-8)12-15-10(13)9(19-12)11(17)18/h3-6H,2,7H2,1H3,(H,17,18). The first-order chi connectivity index (χ1) is 9.11. The summed E-state index contributed by atoms with van der Waals surface area (Å²) < 4.78 is 0. The van der Waals surface area contributed by atoms with E-state index in [-0.39, 0.29) is 10.0 Å². The molecule has 2 aromatic heterocycles. The van der Waals surface area contributed by atoms with Crippen molar-refractivity contribution >= 4 is 34.0 Å². The molecule has 2 heterocycles. The van der Waals surface area contributed by atoms with E-state index in [4.69, 9.17) is 16.7 Å². The van der Waals surface area contributed by atoms with Gasteiger partial charge in [-0.25, -0.2) is 9.78 Å². The second-order valence-electron chi connectivity index (χ2n) is 3.76. The molecule has 1 N–H and O–H groups in total. The lowest BCUT2D eigenvalue weighted by Crippen LogP contribution is -2.22. The van der Waals surface area contributed by atoms with Crippen molar-refractivity contribution in [3.8, 4) is 0 Å². The molecule has 0 aromatic carbocycles. The quantitative estimate of drug-likeness (QED) is 0.919. The van der Waals surface area contributed by atoms with Gasteiger partial charge in [-0.2, -0.15) is 0 Å². The van der Waals surface area contributed by atoms with E-state index in [1.54, 1.807) is 6.20 Å². The van der Waals surface area contributed by atoms with Gasteiger partial charge in [0.05, 0.1) is 12.2 Å². The fourth-order valence-electron chi connectivity index (χ4n) is 1.56. The number of carboxylic acid groups (broad SMARTS) is 1. The molecule has 0 atom stereocenters. The van der Waals surface area contributed by atoms with Crippen LogP contribution in [0.1, 0.15) is 22.3 Å². The Labute approximate surface area is 119 Å². The van der Waals surface area contributed by atoms with Crippen LogP contribution < -0.4 is 4.90 Å². The smallest absolute Gasteiger partial charge is 0.349 e. The first-order valence-corrected chi connectivity index (χ1v) is 6.85. The van der Waals surface area contributed by atoms with Crippen LogP contribution in [-0.4, -0.2) is 27.6 Å². The maximum Gasteiger partial charge on any atom is 0.349 e. The van der Waals surface area contributed by atoms with Crippen LogP contribution in [0.5, 0.6) is 0 Å². The van der Waals surface area contributed by atoms with Crippen molar-refractivity contribution in [2.24, 2.45) is 0 Å². The van der Waals surface area contributed by atoms with Crippen LogP contribution in [0.2, 0.25) is 5.15 Å². The largest absolute Gasteiger partial charge is 0.477 e. The van der Waals surface area contributed by atoms with Crippen molar-refractivity contribution in [2.45, 2.75) is 13.5 Å². The molecule has 0 bridgehead atoms. The monoisotopic (exact) mass is 297 g/mol. The SMILES string of the molecule is CCN(Cc1ccccn1)c1nc(Cl)c(C(=O)O)s1.